The lowest BCUT2D eigenvalue weighted by atomic mass is 10.1. The first kappa shape index (κ1) is 23.9. The van der Waals surface area contributed by atoms with Crippen LogP contribution in [0.4, 0.5) is 26.4 Å². The molecule has 0 atom stereocenters. The SMILES string of the molecule is CN1CCn2c1c(Nc1ccnc3c1ccn3C(=O)OC(C)(C)C)cc(-c1cc(Cl)ccc1F)c2=O. The van der Waals surface area contributed by atoms with E-state index in [-0.39, 0.29) is 16.7 Å². The van der Waals surface area contributed by atoms with Gasteiger partial charge in [0.1, 0.15) is 17.2 Å². The zero-order chi connectivity index (χ0) is 25.8. The third-order valence-corrected chi connectivity index (χ3v) is 6.18. The van der Waals surface area contributed by atoms with Crippen LogP contribution in [-0.4, -0.2) is 39.4 Å². The molecule has 0 bridgehead atoms. The van der Waals surface area contributed by atoms with Crippen LogP contribution in [0.3, 0.4) is 0 Å². The average molecular weight is 510 g/mol. The van der Waals surface area contributed by atoms with E-state index in [1.165, 1.54) is 22.8 Å². The van der Waals surface area contributed by atoms with Gasteiger partial charge in [-0.15, -0.1) is 0 Å². The maximum atomic E-state index is 14.7. The van der Waals surface area contributed by atoms with E-state index in [0.29, 0.717) is 46.3 Å². The number of rotatable bonds is 3. The standard InChI is InChI=1S/C26H25ClFN5O3/c1-26(2,3)36-25(35)32-10-8-16-20(7-9-29-22(16)32)30-21-14-18(17-13-15(27)5-6-19(17)28)24(34)33-12-11-31(4)23(21)33/h5-10,13-14H,11-12H2,1-4H3,(H,29,30). The maximum Gasteiger partial charge on any atom is 0.420 e. The van der Waals surface area contributed by atoms with Crippen molar-refractivity contribution < 1.29 is 13.9 Å². The number of hydrogen-bond acceptors (Lipinski definition) is 6. The van der Waals surface area contributed by atoms with Crippen molar-refractivity contribution in [2.24, 2.45) is 0 Å². The minimum Gasteiger partial charge on any atom is -0.443 e. The summed E-state index contributed by atoms with van der Waals surface area (Å²) < 4.78 is 23.2. The fraction of sp³-hybridized carbons (Fsp3) is 0.269. The molecule has 0 fully saturated rings. The first-order chi connectivity index (χ1) is 17.0. The second kappa shape index (κ2) is 8.67. The molecule has 4 aromatic rings. The minimum absolute atomic E-state index is 0.136. The van der Waals surface area contributed by atoms with Crippen molar-refractivity contribution in [1.29, 1.82) is 0 Å². The summed E-state index contributed by atoms with van der Waals surface area (Å²) in [5, 5.41) is 4.41. The molecule has 8 nitrogen and oxygen atoms in total. The molecule has 186 valence electrons. The van der Waals surface area contributed by atoms with Gasteiger partial charge in [-0.3, -0.25) is 9.36 Å². The Balaban J connectivity index is 1.63. The molecule has 0 spiro atoms. The van der Waals surface area contributed by atoms with Crippen LogP contribution >= 0.6 is 11.6 Å². The molecule has 0 amide bonds. The number of fused-ring (bicyclic) bond motifs is 2. The number of aromatic nitrogens is 3. The summed E-state index contributed by atoms with van der Waals surface area (Å²) in [7, 11) is 1.89. The third-order valence-electron chi connectivity index (χ3n) is 5.95. The molecule has 36 heavy (non-hydrogen) atoms. The molecule has 1 aromatic carbocycles. The van der Waals surface area contributed by atoms with E-state index in [9.17, 15) is 14.0 Å². The Kier molecular flexibility index (Phi) is 5.75. The van der Waals surface area contributed by atoms with Gasteiger partial charge in [0.2, 0.25) is 0 Å². The average Bonchev–Trinajstić information content (AvgIpc) is 3.41. The second-order valence-electron chi connectivity index (χ2n) is 9.68. The van der Waals surface area contributed by atoms with Crippen LogP contribution in [0, 0.1) is 5.82 Å². The highest BCUT2D eigenvalue weighted by Gasteiger charge is 2.26. The van der Waals surface area contributed by atoms with Gasteiger partial charge in [0, 0.05) is 48.5 Å². The molecule has 0 saturated heterocycles. The van der Waals surface area contributed by atoms with Gasteiger partial charge in [0.25, 0.3) is 5.56 Å². The van der Waals surface area contributed by atoms with Gasteiger partial charge in [-0.05, 0) is 57.2 Å². The summed E-state index contributed by atoms with van der Waals surface area (Å²) in [4.78, 5) is 32.3. The van der Waals surface area contributed by atoms with E-state index in [2.05, 4.69) is 10.3 Å². The van der Waals surface area contributed by atoms with Crippen molar-refractivity contribution in [2.45, 2.75) is 32.9 Å². The molecular weight excluding hydrogens is 485 g/mol. The highest BCUT2D eigenvalue weighted by Crippen LogP contribution is 2.36. The number of pyridine rings is 2. The molecule has 1 aliphatic rings. The summed E-state index contributed by atoms with van der Waals surface area (Å²) in [6, 6.07) is 9.33. The van der Waals surface area contributed by atoms with Crippen molar-refractivity contribution in [3.63, 3.8) is 0 Å². The molecule has 1 aliphatic heterocycles. The van der Waals surface area contributed by atoms with E-state index < -0.39 is 17.5 Å². The number of benzene rings is 1. The number of halogens is 2. The quantitative estimate of drug-likeness (QED) is 0.385. The summed E-state index contributed by atoms with van der Waals surface area (Å²) in [6.07, 6.45) is 2.66. The van der Waals surface area contributed by atoms with Crippen molar-refractivity contribution in [3.8, 4) is 11.1 Å². The number of ether oxygens (including phenoxy) is 1. The molecule has 3 aromatic heterocycles. The minimum atomic E-state index is -0.655. The third kappa shape index (κ3) is 4.19. The summed E-state index contributed by atoms with van der Waals surface area (Å²) in [6.45, 7) is 6.49. The van der Waals surface area contributed by atoms with Gasteiger partial charge in [0.05, 0.1) is 16.9 Å². The molecule has 0 aliphatic carbocycles. The van der Waals surface area contributed by atoms with Crippen molar-refractivity contribution >= 4 is 45.9 Å². The van der Waals surface area contributed by atoms with Crippen molar-refractivity contribution in [2.75, 3.05) is 23.8 Å². The maximum absolute atomic E-state index is 14.7. The van der Waals surface area contributed by atoms with Crippen molar-refractivity contribution in [1.82, 2.24) is 14.1 Å². The molecule has 0 unspecified atom stereocenters. The molecule has 0 saturated carbocycles. The highest BCUT2D eigenvalue weighted by atomic mass is 35.5. The van der Waals surface area contributed by atoms with Crippen LogP contribution in [0.2, 0.25) is 5.02 Å². The number of hydrogen-bond donors (Lipinski definition) is 1. The number of carbonyl (C=O) groups is 1. The monoisotopic (exact) mass is 509 g/mol. The summed E-state index contributed by atoms with van der Waals surface area (Å²) >= 11 is 6.12. The van der Waals surface area contributed by atoms with Crippen LogP contribution in [0.1, 0.15) is 20.8 Å². The molecule has 0 radical (unpaired) electrons. The predicted molar refractivity (Wildman–Crippen MR) is 139 cm³/mol. The van der Waals surface area contributed by atoms with Gasteiger partial charge in [0.15, 0.2) is 5.65 Å². The second-order valence-corrected chi connectivity index (χ2v) is 10.1. The van der Waals surface area contributed by atoms with Gasteiger partial charge in [-0.25, -0.2) is 18.7 Å². The topological polar surface area (TPSA) is 81.4 Å². The number of carbonyl (C=O) groups excluding carboxylic acids is 1. The van der Waals surface area contributed by atoms with Crippen LogP contribution < -0.4 is 15.8 Å². The number of likely N-dealkylation sites (N-methyl/N-ethyl adjacent to an activating group) is 1. The summed E-state index contributed by atoms with van der Waals surface area (Å²) in [5.41, 5.74) is 1.09. The van der Waals surface area contributed by atoms with Crippen LogP contribution in [0.5, 0.6) is 0 Å². The predicted octanol–water partition coefficient (Wildman–Crippen LogP) is 5.63. The van der Waals surface area contributed by atoms with Crippen LogP contribution in [0.15, 0.2) is 53.6 Å². The lowest BCUT2D eigenvalue weighted by molar-refractivity contribution is 0.0543. The first-order valence-corrected chi connectivity index (χ1v) is 11.8. The van der Waals surface area contributed by atoms with E-state index >= 15 is 0 Å². The largest absolute Gasteiger partial charge is 0.443 e. The Bertz CT molecular complexity index is 1570. The normalized spacial score (nSPS) is 13.2. The Hall–Kier alpha value is -3.85. The van der Waals surface area contributed by atoms with Gasteiger partial charge in [-0.2, -0.15) is 0 Å². The molecule has 1 N–H and O–H groups in total. The van der Waals surface area contributed by atoms with E-state index in [0.717, 1.165) is 0 Å². The Labute approximate surface area is 211 Å². The number of nitrogens with one attached hydrogen (secondary N) is 1. The molecular formula is C26H25ClFN5O3. The fourth-order valence-electron chi connectivity index (χ4n) is 4.37. The zero-order valence-corrected chi connectivity index (χ0v) is 21.1. The van der Waals surface area contributed by atoms with E-state index in [4.69, 9.17) is 16.3 Å². The molecule has 4 heterocycles. The number of nitrogens with zero attached hydrogens (tertiary/aromatic N) is 4. The van der Waals surface area contributed by atoms with Gasteiger partial charge >= 0.3 is 6.09 Å². The van der Waals surface area contributed by atoms with Crippen LogP contribution in [-0.2, 0) is 11.3 Å². The van der Waals surface area contributed by atoms with Gasteiger partial charge in [-0.1, -0.05) is 11.6 Å². The lowest BCUT2D eigenvalue weighted by Crippen LogP contribution is -2.26. The smallest absolute Gasteiger partial charge is 0.420 e. The zero-order valence-electron chi connectivity index (χ0n) is 20.3. The Morgan fingerprint density at radius 1 is 1.11 bits per heavy atom. The van der Waals surface area contributed by atoms with Gasteiger partial charge < -0.3 is 15.0 Å². The lowest BCUT2D eigenvalue weighted by Gasteiger charge is -2.20. The highest BCUT2D eigenvalue weighted by molar-refractivity contribution is 6.30. The first-order valence-electron chi connectivity index (χ1n) is 11.4. The fourth-order valence-corrected chi connectivity index (χ4v) is 4.54. The van der Waals surface area contributed by atoms with Crippen molar-refractivity contribution in [3.05, 3.63) is 70.0 Å². The Morgan fingerprint density at radius 2 is 1.89 bits per heavy atom. The van der Waals surface area contributed by atoms with Crippen LogP contribution in [0.25, 0.3) is 22.2 Å². The number of anilines is 3. The Morgan fingerprint density at radius 3 is 2.64 bits per heavy atom. The van der Waals surface area contributed by atoms with E-state index in [1.54, 1.807) is 55.9 Å². The van der Waals surface area contributed by atoms with E-state index in [1.807, 2.05) is 11.9 Å². The molecule has 5 rings (SSSR count). The summed E-state index contributed by atoms with van der Waals surface area (Å²) in [5.74, 6) is 0.151. The molecule has 10 heteroatoms.